The van der Waals surface area contributed by atoms with E-state index in [2.05, 4.69) is 12.0 Å². The normalized spacial score (nSPS) is 22.6. The minimum atomic E-state index is -3.56. The summed E-state index contributed by atoms with van der Waals surface area (Å²) in [5.41, 5.74) is 6.92. The molecule has 1 aliphatic rings. The van der Waals surface area contributed by atoms with Crippen molar-refractivity contribution in [3.8, 4) is 0 Å². The molecule has 1 aliphatic heterocycles. The summed E-state index contributed by atoms with van der Waals surface area (Å²) in [6.07, 6.45) is 4.93. The molecule has 130 valence electrons. The molecule has 1 fully saturated rings. The lowest BCUT2D eigenvalue weighted by atomic mass is 9.93. The highest BCUT2D eigenvalue weighted by Crippen LogP contribution is 2.28. The van der Waals surface area contributed by atoms with Crippen LogP contribution in [0, 0.1) is 5.92 Å². The smallest absolute Gasteiger partial charge is 0.246 e. The Morgan fingerprint density at radius 2 is 2.04 bits per heavy atom. The van der Waals surface area contributed by atoms with Crippen molar-refractivity contribution in [1.29, 1.82) is 0 Å². The van der Waals surface area contributed by atoms with Gasteiger partial charge in [-0.25, -0.2) is 8.42 Å². The van der Waals surface area contributed by atoms with E-state index in [1.165, 1.54) is 6.20 Å². The molecular formula is C17H24N4O2S. The number of nitrogens with two attached hydrogens (primary N) is 1. The molecule has 2 atom stereocenters. The van der Waals surface area contributed by atoms with Crippen LogP contribution in [-0.2, 0) is 16.6 Å². The molecule has 2 unspecified atom stereocenters. The zero-order valence-electron chi connectivity index (χ0n) is 13.9. The second-order valence-corrected chi connectivity index (χ2v) is 8.29. The third-order valence-corrected chi connectivity index (χ3v) is 6.59. The van der Waals surface area contributed by atoms with Gasteiger partial charge in [-0.3, -0.25) is 4.68 Å². The van der Waals surface area contributed by atoms with Gasteiger partial charge in [0.25, 0.3) is 0 Å². The molecule has 0 aliphatic carbocycles. The SMILES string of the molecule is CC1CCCN(S(=O)(=O)c2cnn(Cc3ccccc3)c2)C1CN. The highest BCUT2D eigenvalue weighted by molar-refractivity contribution is 7.89. The van der Waals surface area contributed by atoms with E-state index in [0.29, 0.717) is 19.6 Å². The minimum absolute atomic E-state index is 0.138. The number of benzene rings is 1. The first kappa shape index (κ1) is 17.1. The van der Waals surface area contributed by atoms with Crippen molar-refractivity contribution in [1.82, 2.24) is 14.1 Å². The Hall–Kier alpha value is -1.70. The maximum Gasteiger partial charge on any atom is 0.246 e. The monoisotopic (exact) mass is 348 g/mol. The standard InChI is InChI=1S/C17H24N4O2S/c1-14-6-5-9-21(17(14)10-18)24(22,23)16-11-19-20(13-16)12-15-7-3-2-4-8-15/h2-4,7-8,11,13-14,17H,5-6,9-10,12,18H2,1H3. The molecule has 0 bridgehead atoms. The third-order valence-electron chi connectivity index (χ3n) is 4.71. The molecule has 0 saturated carbocycles. The fraction of sp³-hybridized carbons (Fsp3) is 0.471. The van der Waals surface area contributed by atoms with Gasteiger partial charge in [0.15, 0.2) is 0 Å². The minimum Gasteiger partial charge on any atom is -0.329 e. The Morgan fingerprint density at radius 3 is 2.75 bits per heavy atom. The fourth-order valence-electron chi connectivity index (χ4n) is 3.33. The molecule has 24 heavy (non-hydrogen) atoms. The van der Waals surface area contributed by atoms with Crippen molar-refractivity contribution in [2.75, 3.05) is 13.1 Å². The van der Waals surface area contributed by atoms with Crippen LogP contribution in [0.1, 0.15) is 25.3 Å². The Kier molecular flexibility index (Phi) is 5.03. The maximum atomic E-state index is 13.0. The maximum absolute atomic E-state index is 13.0. The van der Waals surface area contributed by atoms with Crippen molar-refractivity contribution in [2.45, 2.75) is 37.2 Å². The fourth-order valence-corrected chi connectivity index (χ4v) is 5.06. The molecule has 0 radical (unpaired) electrons. The summed E-state index contributed by atoms with van der Waals surface area (Å²) in [5.74, 6) is 0.276. The second-order valence-electron chi connectivity index (χ2n) is 6.40. The molecule has 1 aromatic heterocycles. The Balaban J connectivity index is 1.82. The zero-order valence-corrected chi connectivity index (χ0v) is 14.7. The van der Waals surface area contributed by atoms with Crippen LogP contribution in [0.5, 0.6) is 0 Å². The first-order valence-electron chi connectivity index (χ1n) is 8.30. The van der Waals surface area contributed by atoms with Crippen LogP contribution in [0.15, 0.2) is 47.6 Å². The van der Waals surface area contributed by atoms with Crippen LogP contribution < -0.4 is 5.73 Å². The van der Waals surface area contributed by atoms with Gasteiger partial charge in [-0.1, -0.05) is 37.3 Å². The molecular weight excluding hydrogens is 324 g/mol. The van der Waals surface area contributed by atoms with Crippen LogP contribution in [0.2, 0.25) is 0 Å². The lowest BCUT2D eigenvalue weighted by Crippen LogP contribution is -2.51. The largest absolute Gasteiger partial charge is 0.329 e. The van der Waals surface area contributed by atoms with Crippen LogP contribution in [-0.4, -0.2) is 41.6 Å². The van der Waals surface area contributed by atoms with Gasteiger partial charge in [-0.05, 0) is 24.3 Å². The van der Waals surface area contributed by atoms with Crippen LogP contribution in [0.4, 0.5) is 0 Å². The zero-order chi connectivity index (χ0) is 17.2. The van der Waals surface area contributed by atoms with E-state index >= 15 is 0 Å². The lowest BCUT2D eigenvalue weighted by Gasteiger charge is -2.38. The van der Waals surface area contributed by atoms with E-state index in [1.807, 2.05) is 30.3 Å². The summed E-state index contributed by atoms with van der Waals surface area (Å²) in [6.45, 7) is 3.49. The molecule has 0 amide bonds. The lowest BCUT2D eigenvalue weighted by molar-refractivity contribution is 0.192. The average Bonchev–Trinajstić information content (AvgIpc) is 3.05. The van der Waals surface area contributed by atoms with Crippen molar-refractivity contribution >= 4 is 10.0 Å². The molecule has 1 saturated heterocycles. The highest BCUT2D eigenvalue weighted by atomic mass is 32.2. The van der Waals surface area contributed by atoms with Gasteiger partial charge >= 0.3 is 0 Å². The summed E-state index contributed by atoms with van der Waals surface area (Å²) in [4.78, 5) is 0.242. The van der Waals surface area contributed by atoms with Gasteiger partial charge in [-0.2, -0.15) is 9.40 Å². The summed E-state index contributed by atoms with van der Waals surface area (Å²) in [6, 6.07) is 9.71. The number of hydrogen-bond acceptors (Lipinski definition) is 4. The average molecular weight is 348 g/mol. The van der Waals surface area contributed by atoms with E-state index in [9.17, 15) is 8.42 Å². The summed E-state index contributed by atoms with van der Waals surface area (Å²) < 4.78 is 29.2. The number of aromatic nitrogens is 2. The van der Waals surface area contributed by atoms with Gasteiger partial charge in [0.2, 0.25) is 10.0 Å². The third kappa shape index (κ3) is 3.38. The van der Waals surface area contributed by atoms with E-state index in [0.717, 1.165) is 18.4 Å². The molecule has 1 aromatic carbocycles. The van der Waals surface area contributed by atoms with Gasteiger partial charge < -0.3 is 5.73 Å². The molecule has 2 N–H and O–H groups in total. The van der Waals surface area contributed by atoms with Gasteiger partial charge in [-0.15, -0.1) is 0 Å². The summed E-state index contributed by atoms with van der Waals surface area (Å²) in [7, 11) is -3.56. The number of nitrogens with zero attached hydrogens (tertiary/aromatic N) is 3. The number of hydrogen-bond donors (Lipinski definition) is 1. The Labute approximate surface area is 143 Å². The van der Waals surface area contributed by atoms with Crippen LogP contribution in [0.25, 0.3) is 0 Å². The first-order chi connectivity index (χ1) is 11.5. The van der Waals surface area contributed by atoms with Gasteiger partial charge in [0, 0.05) is 25.3 Å². The van der Waals surface area contributed by atoms with Gasteiger partial charge in [0.05, 0.1) is 12.7 Å². The van der Waals surface area contributed by atoms with Crippen LogP contribution in [0.3, 0.4) is 0 Å². The van der Waals surface area contributed by atoms with Crippen molar-refractivity contribution in [3.05, 3.63) is 48.3 Å². The molecule has 6 nitrogen and oxygen atoms in total. The summed E-state index contributed by atoms with van der Waals surface area (Å²) >= 11 is 0. The van der Waals surface area contributed by atoms with E-state index in [1.54, 1.807) is 15.2 Å². The highest BCUT2D eigenvalue weighted by Gasteiger charge is 2.37. The Bertz CT molecular complexity index is 773. The predicted octanol–water partition coefficient (Wildman–Crippen LogP) is 1.68. The molecule has 2 aromatic rings. The van der Waals surface area contributed by atoms with Crippen LogP contribution >= 0.6 is 0 Å². The molecule has 2 heterocycles. The molecule has 7 heteroatoms. The van der Waals surface area contributed by atoms with Crippen molar-refractivity contribution in [3.63, 3.8) is 0 Å². The first-order valence-corrected chi connectivity index (χ1v) is 9.74. The Morgan fingerprint density at radius 1 is 1.29 bits per heavy atom. The number of piperidine rings is 1. The second kappa shape index (κ2) is 7.04. The number of sulfonamides is 1. The molecule has 3 rings (SSSR count). The predicted molar refractivity (Wildman–Crippen MR) is 92.9 cm³/mol. The van der Waals surface area contributed by atoms with Crippen molar-refractivity contribution in [2.24, 2.45) is 11.7 Å². The van der Waals surface area contributed by atoms with Gasteiger partial charge in [0.1, 0.15) is 4.90 Å². The topological polar surface area (TPSA) is 81.2 Å². The molecule has 0 spiro atoms. The number of rotatable bonds is 5. The quantitative estimate of drug-likeness (QED) is 0.891. The van der Waals surface area contributed by atoms with E-state index in [-0.39, 0.29) is 16.9 Å². The van der Waals surface area contributed by atoms with E-state index in [4.69, 9.17) is 5.73 Å². The van der Waals surface area contributed by atoms with Crippen molar-refractivity contribution < 1.29 is 8.42 Å². The van der Waals surface area contributed by atoms with E-state index < -0.39 is 10.0 Å². The summed E-state index contributed by atoms with van der Waals surface area (Å²) in [5, 5.41) is 4.22.